The van der Waals surface area contributed by atoms with Gasteiger partial charge in [0.25, 0.3) is 0 Å². The van der Waals surface area contributed by atoms with Gasteiger partial charge < -0.3 is 16.0 Å². The number of hydrogen-bond donors (Lipinski definition) is 2. The number of nitrogens with two attached hydrogens (primary N) is 1. The van der Waals surface area contributed by atoms with Gasteiger partial charge in [0.2, 0.25) is 5.91 Å². The largest absolute Gasteiger partial charge is 0.353 e. The Kier molecular flexibility index (Phi) is 4.43. The molecule has 2 aliphatic rings. The van der Waals surface area contributed by atoms with Crippen LogP contribution in [0.25, 0.3) is 0 Å². The Morgan fingerprint density at radius 3 is 2.61 bits per heavy atom. The topological polar surface area (TPSA) is 75.4 Å². The molecule has 1 saturated heterocycles. The van der Waals surface area contributed by atoms with Crippen LogP contribution in [0.3, 0.4) is 0 Å². The van der Waals surface area contributed by atoms with Gasteiger partial charge in [-0.3, -0.25) is 4.79 Å². The van der Waals surface area contributed by atoms with Crippen LogP contribution in [0.15, 0.2) is 18.2 Å². The molecule has 2 fully saturated rings. The van der Waals surface area contributed by atoms with Crippen LogP contribution in [0.1, 0.15) is 30.7 Å². The Morgan fingerprint density at radius 2 is 2.00 bits per heavy atom. The minimum absolute atomic E-state index is 0.0374. The van der Waals surface area contributed by atoms with Crippen molar-refractivity contribution in [2.24, 2.45) is 11.7 Å². The maximum atomic E-state index is 13.9. The molecule has 1 aromatic carbocycles. The van der Waals surface area contributed by atoms with Gasteiger partial charge >= 0.3 is 6.03 Å². The predicted octanol–water partition coefficient (Wildman–Crippen LogP) is 2.24. The monoisotopic (exact) mass is 339 g/mol. The summed E-state index contributed by atoms with van der Waals surface area (Å²) in [7, 11) is 0. The number of likely N-dealkylation sites (tertiary alicyclic amines) is 1. The van der Waals surface area contributed by atoms with Crippen LogP contribution < -0.4 is 11.1 Å². The van der Waals surface area contributed by atoms with E-state index >= 15 is 0 Å². The highest BCUT2D eigenvalue weighted by Gasteiger charge is 2.46. The van der Waals surface area contributed by atoms with Crippen molar-refractivity contribution in [2.75, 3.05) is 13.1 Å². The lowest BCUT2D eigenvalue weighted by Crippen LogP contribution is -2.48. The van der Waals surface area contributed by atoms with E-state index in [-0.39, 0.29) is 29.6 Å². The molecule has 0 bridgehead atoms. The number of carbonyl (C=O) groups is 2. The van der Waals surface area contributed by atoms with Gasteiger partial charge in [-0.1, -0.05) is 17.7 Å². The van der Waals surface area contributed by atoms with Gasteiger partial charge in [0.05, 0.1) is 0 Å². The lowest BCUT2D eigenvalue weighted by molar-refractivity contribution is -0.123. The maximum absolute atomic E-state index is 13.9. The van der Waals surface area contributed by atoms with E-state index in [0.29, 0.717) is 42.9 Å². The highest BCUT2D eigenvalue weighted by atomic mass is 35.5. The van der Waals surface area contributed by atoms with E-state index in [1.807, 2.05) is 0 Å². The first kappa shape index (κ1) is 16.1. The zero-order valence-corrected chi connectivity index (χ0v) is 13.4. The summed E-state index contributed by atoms with van der Waals surface area (Å²) in [5.74, 6) is -0.785. The number of nitrogens with one attached hydrogen (secondary N) is 1. The molecule has 7 heteroatoms. The fraction of sp³-hybridized carbons (Fsp3) is 0.500. The highest BCUT2D eigenvalue weighted by molar-refractivity contribution is 6.31. The van der Waals surface area contributed by atoms with E-state index in [9.17, 15) is 14.0 Å². The number of halogens is 2. The van der Waals surface area contributed by atoms with Gasteiger partial charge in [0.1, 0.15) is 5.82 Å². The lowest BCUT2D eigenvalue weighted by atomic mass is 10.0. The van der Waals surface area contributed by atoms with Gasteiger partial charge in [-0.25, -0.2) is 9.18 Å². The molecule has 0 radical (unpaired) electrons. The first-order valence-electron chi connectivity index (χ1n) is 7.76. The Bertz CT molecular complexity index is 612. The lowest BCUT2D eigenvalue weighted by Gasteiger charge is -2.31. The van der Waals surface area contributed by atoms with Crippen LogP contribution in [-0.4, -0.2) is 36.0 Å². The molecule has 1 aliphatic heterocycles. The molecule has 1 aromatic rings. The van der Waals surface area contributed by atoms with Crippen molar-refractivity contribution < 1.29 is 14.0 Å². The van der Waals surface area contributed by atoms with Crippen LogP contribution in [0.5, 0.6) is 0 Å². The number of primary amides is 1. The molecule has 0 aromatic heterocycles. The number of nitrogens with zero attached hydrogens (tertiary/aromatic N) is 1. The first-order chi connectivity index (χ1) is 11.0. The zero-order valence-electron chi connectivity index (χ0n) is 12.6. The van der Waals surface area contributed by atoms with Gasteiger partial charge in [-0.2, -0.15) is 0 Å². The summed E-state index contributed by atoms with van der Waals surface area (Å²) in [6, 6.07) is 4.19. The van der Waals surface area contributed by atoms with E-state index in [4.69, 9.17) is 17.3 Å². The average Bonchev–Trinajstić information content (AvgIpc) is 3.28. The molecule has 3 rings (SSSR count). The number of amides is 3. The Morgan fingerprint density at radius 1 is 1.30 bits per heavy atom. The second-order valence-electron chi connectivity index (χ2n) is 6.19. The van der Waals surface area contributed by atoms with E-state index in [1.54, 1.807) is 17.0 Å². The predicted molar refractivity (Wildman–Crippen MR) is 84.6 cm³/mol. The van der Waals surface area contributed by atoms with Crippen molar-refractivity contribution in [1.82, 2.24) is 10.2 Å². The third-order valence-electron chi connectivity index (χ3n) is 4.65. The molecule has 0 spiro atoms. The molecule has 1 saturated carbocycles. The zero-order chi connectivity index (χ0) is 16.6. The molecule has 23 heavy (non-hydrogen) atoms. The first-order valence-corrected chi connectivity index (χ1v) is 8.14. The van der Waals surface area contributed by atoms with Crippen LogP contribution >= 0.6 is 11.6 Å². The standard InChI is InChI=1S/C16H19ClFN3O2/c17-12-2-1-3-13(18)14(12)10-8-11(10)15(22)20-9-4-6-21(7-5-9)16(19)23/h1-3,9-11H,4-8H2,(H2,19,23)(H,20,22). The summed E-state index contributed by atoms with van der Waals surface area (Å²) in [6.07, 6.45) is 1.99. The van der Waals surface area contributed by atoms with Crippen molar-refractivity contribution in [3.05, 3.63) is 34.6 Å². The molecule has 1 aliphatic carbocycles. The molecular formula is C16H19ClFN3O2. The van der Waals surface area contributed by atoms with Crippen molar-refractivity contribution in [3.63, 3.8) is 0 Å². The fourth-order valence-corrected chi connectivity index (χ4v) is 3.52. The fourth-order valence-electron chi connectivity index (χ4n) is 3.22. The third kappa shape index (κ3) is 3.42. The average molecular weight is 340 g/mol. The Balaban J connectivity index is 1.54. The normalized spacial score (nSPS) is 24.3. The van der Waals surface area contributed by atoms with Gasteiger partial charge in [0, 0.05) is 41.6 Å². The van der Waals surface area contributed by atoms with E-state index < -0.39 is 6.03 Å². The summed E-state index contributed by atoms with van der Waals surface area (Å²) in [5.41, 5.74) is 5.68. The van der Waals surface area contributed by atoms with Crippen LogP contribution in [0, 0.1) is 11.7 Å². The van der Waals surface area contributed by atoms with E-state index in [2.05, 4.69) is 5.32 Å². The van der Waals surface area contributed by atoms with Crippen molar-refractivity contribution in [1.29, 1.82) is 0 Å². The van der Waals surface area contributed by atoms with Gasteiger partial charge in [0.15, 0.2) is 0 Å². The summed E-state index contributed by atoms with van der Waals surface area (Å²) < 4.78 is 13.9. The van der Waals surface area contributed by atoms with Crippen molar-refractivity contribution in [2.45, 2.75) is 31.2 Å². The quantitative estimate of drug-likeness (QED) is 0.886. The molecule has 124 valence electrons. The smallest absolute Gasteiger partial charge is 0.314 e. The maximum Gasteiger partial charge on any atom is 0.314 e. The van der Waals surface area contributed by atoms with Gasteiger partial charge in [-0.05, 0) is 31.4 Å². The molecule has 3 N–H and O–H groups in total. The summed E-state index contributed by atoms with van der Waals surface area (Å²) in [4.78, 5) is 25.0. The summed E-state index contributed by atoms with van der Waals surface area (Å²) >= 11 is 6.05. The highest BCUT2D eigenvalue weighted by Crippen LogP contribution is 2.50. The number of rotatable bonds is 3. The number of benzene rings is 1. The second kappa shape index (κ2) is 6.35. The third-order valence-corrected chi connectivity index (χ3v) is 4.98. The molecular weight excluding hydrogens is 321 g/mol. The van der Waals surface area contributed by atoms with Gasteiger partial charge in [-0.15, -0.1) is 0 Å². The number of carbonyl (C=O) groups excluding carboxylic acids is 2. The molecule has 1 heterocycles. The van der Waals surface area contributed by atoms with Crippen LogP contribution in [-0.2, 0) is 4.79 Å². The SMILES string of the molecule is NC(=O)N1CCC(NC(=O)C2CC2c2c(F)cccc2Cl)CC1. The van der Waals surface area contributed by atoms with Crippen molar-refractivity contribution in [3.8, 4) is 0 Å². The molecule has 2 atom stereocenters. The van der Waals surface area contributed by atoms with Crippen LogP contribution in [0.4, 0.5) is 9.18 Å². The second-order valence-corrected chi connectivity index (χ2v) is 6.60. The van der Waals surface area contributed by atoms with E-state index in [1.165, 1.54) is 6.07 Å². The number of hydrogen-bond acceptors (Lipinski definition) is 2. The number of piperidine rings is 1. The number of urea groups is 1. The molecule has 2 unspecified atom stereocenters. The van der Waals surface area contributed by atoms with Crippen LogP contribution in [0.2, 0.25) is 5.02 Å². The Labute approximate surface area is 139 Å². The Hall–Kier alpha value is -1.82. The van der Waals surface area contributed by atoms with E-state index in [0.717, 1.165) is 0 Å². The minimum atomic E-state index is -0.425. The summed E-state index contributed by atoms with van der Waals surface area (Å²) in [6.45, 7) is 1.10. The molecule has 3 amide bonds. The summed E-state index contributed by atoms with van der Waals surface area (Å²) in [5, 5.41) is 3.37. The minimum Gasteiger partial charge on any atom is -0.353 e. The van der Waals surface area contributed by atoms with Crippen molar-refractivity contribution >= 4 is 23.5 Å². The molecule has 5 nitrogen and oxygen atoms in total.